The zero-order valence-corrected chi connectivity index (χ0v) is 15.5. The number of nitrogens with zero attached hydrogens (tertiary/aromatic N) is 2. The minimum atomic E-state index is 0.702. The molecule has 120 valence electrons. The van der Waals surface area contributed by atoms with Crippen molar-refractivity contribution in [2.45, 2.75) is 72.4 Å². The average molecular weight is 356 g/mol. The Bertz CT molecular complexity index is 449. The maximum absolute atomic E-state index is 4.74. The molecule has 1 aromatic heterocycles. The van der Waals surface area contributed by atoms with E-state index in [1.807, 2.05) is 0 Å². The lowest BCUT2D eigenvalue weighted by atomic mass is 9.92. The molecule has 0 aliphatic heterocycles. The van der Waals surface area contributed by atoms with Crippen molar-refractivity contribution in [1.29, 1.82) is 0 Å². The van der Waals surface area contributed by atoms with Crippen molar-refractivity contribution >= 4 is 15.9 Å². The third kappa shape index (κ3) is 4.82. The monoisotopic (exact) mass is 355 g/mol. The van der Waals surface area contributed by atoms with E-state index in [0.717, 1.165) is 37.9 Å². The van der Waals surface area contributed by atoms with Gasteiger partial charge in [-0.25, -0.2) is 0 Å². The summed E-state index contributed by atoms with van der Waals surface area (Å²) in [6, 6.07) is 0.797. The summed E-state index contributed by atoms with van der Waals surface area (Å²) in [5, 5.41) is 8.45. The molecule has 2 rings (SSSR count). The van der Waals surface area contributed by atoms with Crippen LogP contribution in [0.4, 0.5) is 0 Å². The lowest BCUT2D eigenvalue weighted by molar-refractivity contribution is 0.374. The van der Waals surface area contributed by atoms with Gasteiger partial charge in [0.25, 0.3) is 0 Å². The lowest BCUT2D eigenvalue weighted by Crippen LogP contribution is -2.27. The van der Waals surface area contributed by atoms with Crippen LogP contribution in [-0.2, 0) is 19.4 Å². The van der Waals surface area contributed by atoms with Crippen molar-refractivity contribution in [1.82, 2.24) is 15.1 Å². The largest absolute Gasteiger partial charge is 0.314 e. The number of halogens is 1. The quantitative estimate of drug-likeness (QED) is 0.719. The lowest BCUT2D eigenvalue weighted by Gasteiger charge is -2.20. The fourth-order valence-electron chi connectivity index (χ4n) is 3.01. The molecular weight excluding hydrogens is 326 g/mol. The molecule has 3 nitrogen and oxygen atoms in total. The summed E-state index contributed by atoms with van der Waals surface area (Å²) in [5.41, 5.74) is 2.59. The Hall–Kier alpha value is -0.350. The van der Waals surface area contributed by atoms with Crippen LogP contribution in [0.5, 0.6) is 0 Å². The van der Waals surface area contributed by atoms with E-state index in [1.54, 1.807) is 0 Å². The molecule has 1 N–H and O–H groups in total. The minimum Gasteiger partial charge on any atom is -0.314 e. The second kappa shape index (κ2) is 7.77. The molecule has 0 aromatic carbocycles. The van der Waals surface area contributed by atoms with Gasteiger partial charge in [0.2, 0.25) is 0 Å². The summed E-state index contributed by atoms with van der Waals surface area (Å²) in [4.78, 5) is 0. The van der Waals surface area contributed by atoms with E-state index in [9.17, 15) is 0 Å². The topological polar surface area (TPSA) is 29.9 Å². The SMILES string of the molecule is CCc1nn(CC)c(CC(CNC2CC2)CC(C)C)c1Br. The van der Waals surface area contributed by atoms with Gasteiger partial charge in [0, 0.05) is 12.6 Å². The zero-order chi connectivity index (χ0) is 15.4. The standard InChI is InChI=1S/C17H30BrN3/c1-5-15-17(18)16(21(6-2)20-15)10-13(9-12(3)4)11-19-14-7-8-14/h12-14,19H,5-11H2,1-4H3. The van der Waals surface area contributed by atoms with Gasteiger partial charge in [0.1, 0.15) is 0 Å². The van der Waals surface area contributed by atoms with E-state index in [-0.39, 0.29) is 0 Å². The van der Waals surface area contributed by atoms with Gasteiger partial charge in [0.05, 0.1) is 15.9 Å². The first kappa shape index (κ1) is 17.0. The summed E-state index contributed by atoms with van der Waals surface area (Å²) in [6.07, 6.45) is 6.13. The fraction of sp³-hybridized carbons (Fsp3) is 0.824. The number of rotatable bonds is 9. The molecule has 0 bridgehead atoms. The predicted molar refractivity (Wildman–Crippen MR) is 92.7 cm³/mol. The van der Waals surface area contributed by atoms with Crippen LogP contribution in [-0.4, -0.2) is 22.4 Å². The highest BCUT2D eigenvalue weighted by atomic mass is 79.9. The third-order valence-electron chi connectivity index (χ3n) is 4.25. The van der Waals surface area contributed by atoms with Crippen LogP contribution in [0.3, 0.4) is 0 Å². The molecule has 1 heterocycles. The second-order valence-corrected chi connectivity index (χ2v) is 7.55. The molecule has 0 saturated heterocycles. The first-order chi connectivity index (χ1) is 10.0. The number of nitrogens with one attached hydrogen (secondary N) is 1. The van der Waals surface area contributed by atoms with Gasteiger partial charge in [-0.15, -0.1) is 0 Å². The second-order valence-electron chi connectivity index (χ2n) is 6.76. The zero-order valence-electron chi connectivity index (χ0n) is 14.0. The van der Waals surface area contributed by atoms with Crippen molar-refractivity contribution in [3.8, 4) is 0 Å². The van der Waals surface area contributed by atoms with Crippen LogP contribution in [0.25, 0.3) is 0 Å². The highest BCUT2D eigenvalue weighted by Crippen LogP contribution is 2.27. The van der Waals surface area contributed by atoms with Gasteiger partial charge < -0.3 is 5.32 Å². The number of aryl methyl sites for hydroxylation is 2. The Morgan fingerprint density at radius 3 is 2.57 bits per heavy atom. The highest BCUT2D eigenvalue weighted by molar-refractivity contribution is 9.10. The van der Waals surface area contributed by atoms with Crippen molar-refractivity contribution in [2.24, 2.45) is 11.8 Å². The first-order valence-corrected chi connectivity index (χ1v) is 9.31. The maximum atomic E-state index is 4.74. The molecule has 1 fully saturated rings. The third-order valence-corrected chi connectivity index (χ3v) is 5.17. The van der Waals surface area contributed by atoms with Crippen molar-refractivity contribution in [3.63, 3.8) is 0 Å². The molecule has 1 aromatic rings. The van der Waals surface area contributed by atoms with E-state index < -0.39 is 0 Å². The molecule has 1 unspecified atom stereocenters. The number of hydrogen-bond acceptors (Lipinski definition) is 2. The summed E-state index contributed by atoms with van der Waals surface area (Å²) in [6.45, 7) is 11.1. The molecule has 1 atom stereocenters. The van der Waals surface area contributed by atoms with Gasteiger partial charge in [-0.05, 0) is 73.3 Å². The summed E-state index contributed by atoms with van der Waals surface area (Å²) in [7, 11) is 0. The predicted octanol–water partition coefficient (Wildman–Crippen LogP) is 4.18. The molecule has 21 heavy (non-hydrogen) atoms. The average Bonchev–Trinajstić information content (AvgIpc) is 3.22. The minimum absolute atomic E-state index is 0.702. The Balaban J connectivity index is 2.07. The molecular formula is C17H30BrN3. The summed E-state index contributed by atoms with van der Waals surface area (Å²) < 4.78 is 3.43. The Morgan fingerprint density at radius 2 is 2.05 bits per heavy atom. The number of hydrogen-bond donors (Lipinski definition) is 1. The molecule has 0 spiro atoms. The van der Waals surface area contributed by atoms with Crippen LogP contribution < -0.4 is 5.32 Å². The highest BCUT2D eigenvalue weighted by Gasteiger charge is 2.24. The van der Waals surface area contributed by atoms with E-state index >= 15 is 0 Å². The maximum Gasteiger partial charge on any atom is 0.0766 e. The summed E-state index contributed by atoms with van der Waals surface area (Å²) in [5.74, 6) is 1.45. The van der Waals surface area contributed by atoms with Gasteiger partial charge in [-0.2, -0.15) is 5.10 Å². The van der Waals surface area contributed by atoms with Crippen molar-refractivity contribution in [3.05, 3.63) is 15.9 Å². The van der Waals surface area contributed by atoms with Gasteiger partial charge in [-0.3, -0.25) is 4.68 Å². The van der Waals surface area contributed by atoms with Gasteiger partial charge in [0.15, 0.2) is 0 Å². The fourth-order valence-corrected chi connectivity index (χ4v) is 3.74. The van der Waals surface area contributed by atoms with Gasteiger partial charge in [-0.1, -0.05) is 20.8 Å². The number of aromatic nitrogens is 2. The van der Waals surface area contributed by atoms with E-state index in [2.05, 4.69) is 53.6 Å². The van der Waals surface area contributed by atoms with Gasteiger partial charge >= 0.3 is 0 Å². The first-order valence-electron chi connectivity index (χ1n) is 8.52. The molecule has 0 amide bonds. The van der Waals surface area contributed by atoms with E-state index in [4.69, 9.17) is 5.10 Å². The van der Waals surface area contributed by atoms with Crippen LogP contribution in [0.1, 0.15) is 58.3 Å². The summed E-state index contributed by atoms with van der Waals surface area (Å²) >= 11 is 3.79. The normalized spacial score (nSPS) is 16.7. The molecule has 1 saturated carbocycles. The molecule has 0 radical (unpaired) electrons. The van der Waals surface area contributed by atoms with E-state index in [1.165, 1.54) is 35.1 Å². The van der Waals surface area contributed by atoms with Crippen molar-refractivity contribution in [2.75, 3.05) is 6.54 Å². The molecule has 4 heteroatoms. The van der Waals surface area contributed by atoms with Crippen LogP contribution in [0, 0.1) is 11.8 Å². The van der Waals surface area contributed by atoms with Crippen LogP contribution in [0.15, 0.2) is 4.47 Å². The van der Waals surface area contributed by atoms with Crippen LogP contribution in [0.2, 0.25) is 0 Å². The van der Waals surface area contributed by atoms with Crippen molar-refractivity contribution < 1.29 is 0 Å². The van der Waals surface area contributed by atoms with E-state index in [0.29, 0.717) is 5.92 Å². The smallest absolute Gasteiger partial charge is 0.0766 e. The van der Waals surface area contributed by atoms with Crippen LogP contribution >= 0.6 is 15.9 Å². The molecule has 1 aliphatic carbocycles. The Morgan fingerprint density at radius 1 is 1.33 bits per heavy atom. The molecule has 1 aliphatic rings. The Labute approximate surface area is 138 Å². The Kier molecular flexibility index (Phi) is 6.30.